The van der Waals surface area contributed by atoms with E-state index in [1.165, 1.54) is 0 Å². The van der Waals surface area contributed by atoms with Crippen molar-refractivity contribution in [3.05, 3.63) is 29.0 Å². The Morgan fingerprint density at radius 3 is 2.52 bits per heavy atom. The highest BCUT2D eigenvalue weighted by atomic mass is 35.5. The third kappa shape index (κ3) is 6.98. The first-order chi connectivity index (χ1) is 14.1. The van der Waals surface area contributed by atoms with Crippen LogP contribution in [0, 0.1) is 11.3 Å². The Hall–Kier alpha value is -1.02. The summed E-state index contributed by atoms with van der Waals surface area (Å²) >= 11 is 4.78. The van der Waals surface area contributed by atoms with Crippen LogP contribution in [0.4, 0.5) is 4.79 Å². The molecule has 8 heteroatoms. The van der Waals surface area contributed by atoms with Crippen molar-refractivity contribution in [3.63, 3.8) is 0 Å². The summed E-state index contributed by atoms with van der Waals surface area (Å²) in [6.07, 6.45) is 4.30. The second kappa shape index (κ2) is 9.86. The van der Waals surface area contributed by atoms with Gasteiger partial charge in [0.2, 0.25) is 0 Å². The number of rotatable bonds is 8. The monoisotopic (exact) mass is 471 g/mol. The first kappa shape index (κ1) is 26.2. The van der Waals surface area contributed by atoms with E-state index in [1.807, 2.05) is 46.8 Å². The van der Waals surface area contributed by atoms with E-state index < -0.39 is 17.5 Å². The van der Waals surface area contributed by atoms with Crippen LogP contribution in [-0.4, -0.2) is 42.5 Å². The fourth-order valence-electron chi connectivity index (χ4n) is 4.24. The molecule has 0 aliphatic carbocycles. The average Bonchev–Trinajstić information content (AvgIpc) is 2.97. The predicted molar refractivity (Wildman–Crippen MR) is 128 cm³/mol. The Balaban J connectivity index is 2.05. The lowest BCUT2D eigenvalue weighted by molar-refractivity contribution is 0.115. The lowest BCUT2D eigenvalue weighted by Gasteiger charge is -2.33. The van der Waals surface area contributed by atoms with Crippen molar-refractivity contribution in [1.82, 2.24) is 14.6 Å². The zero-order valence-corrected chi connectivity index (χ0v) is 21.4. The maximum Gasteiger partial charge on any atom is 0.407 e. The molecule has 1 fully saturated rings. The number of aromatic nitrogens is 1. The molecule has 2 rings (SSSR count). The second-order valence-corrected chi connectivity index (χ2v) is 13.4. The van der Waals surface area contributed by atoms with Crippen LogP contribution in [0.1, 0.15) is 85.9 Å². The van der Waals surface area contributed by atoms with Crippen molar-refractivity contribution in [2.24, 2.45) is 11.3 Å². The first-order valence-electron chi connectivity index (χ1n) is 10.9. The summed E-state index contributed by atoms with van der Waals surface area (Å²) in [6, 6.07) is 3.56. The SMILES string of the molecule is CC(C)(CCCC(N[S+]([O-])C(C)(C)C)c1ccc(Cl)cn1)[C@H]1CN(C(=O)O)C(C)(C)C1. The number of carboxylic acid groups (broad SMARTS) is 1. The van der Waals surface area contributed by atoms with Gasteiger partial charge in [-0.15, -0.1) is 4.72 Å². The van der Waals surface area contributed by atoms with Crippen LogP contribution >= 0.6 is 11.6 Å². The molecule has 2 unspecified atom stereocenters. The topological polar surface area (TPSA) is 88.5 Å². The highest BCUT2D eigenvalue weighted by Crippen LogP contribution is 2.45. The average molecular weight is 472 g/mol. The van der Waals surface area contributed by atoms with E-state index in [1.54, 1.807) is 11.1 Å². The summed E-state index contributed by atoms with van der Waals surface area (Å²) in [5.41, 5.74) is 0.496. The molecule has 1 aliphatic heterocycles. The van der Waals surface area contributed by atoms with Crippen LogP contribution in [0.2, 0.25) is 5.02 Å². The van der Waals surface area contributed by atoms with Crippen LogP contribution in [0.5, 0.6) is 0 Å². The minimum absolute atomic E-state index is 0.00260. The maximum atomic E-state index is 12.7. The van der Waals surface area contributed by atoms with Crippen LogP contribution in [0.25, 0.3) is 0 Å². The van der Waals surface area contributed by atoms with Crippen molar-refractivity contribution >= 4 is 29.1 Å². The summed E-state index contributed by atoms with van der Waals surface area (Å²) in [5.74, 6) is 0.308. The number of halogens is 1. The molecule has 2 heterocycles. The van der Waals surface area contributed by atoms with Gasteiger partial charge >= 0.3 is 6.09 Å². The van der Waals surface area contributed by atoms with E-state index in [4.69, 9.17) is 11.6 Å². The van der Waals surface area contributed by atoms with Crippen molar-refractivity contribution in [1.29, 1.82) is 0 Å². The number of nitrogens with one attached hydrogen (secondary N) is 1. The van der Waals surface area contributed by atoms with Crippen molar-refractivity contribution in [2.45, 2.75) is 90.5 Å². The number of nitrogens with zero attached hydrogens (tertiary/aromatic N) is 2. The molecule has 176 valence electrons. The van der Waals surface area contributed by atoms with Gasteiger partial charge in [-0.2, -0.15) is 0 Å². The van der Waals surface area contributed by atoms with E-state index in [0.29, 0.717) is 17.5 Å². The Morgan fingerprint density at radius 1 is 1.39 bits per heavy atom. The number of carbonyl (C=O) groups is 1. The van der Waals surface area contributed by atoms with Gasteiger partial charge in [0.15, 0.2) is 0 Å². The molecule has 0 bridgehead atoms. The maximum absolute atomic E-state index is 12.7. The Kier molecular flexibility index (Phi) is 8.34. The van der Waals surface area contributed by atoms with Crippen LogP contribution in [0.15, 0.2) is 18.3 Å². The van der Waals surface area contributed by atoms with Crippen LogP contribution in [-0.2, 0) is 11.4 Å². The van der Waals surface area contributed by atoms with Crippen molar-refractivity contribution in [2.75, 3.05) is 6.54 Å². The quantitative estimate of drug-likeness (QED) is 0.467. The Bertz CT molecular complexity index is 749. The molecule has 1 aromatic rings. The molecule has 1 amide bonds. The lowest BCUT2D eigenvalue weighted by atomic mass is 9.72. The smallest absolute Gasteiger partial charge is 0.407 e. The van der Waals surface area contributed by atoms with Crippen molar-refractivity contribution in [3.8, 4) is 0 Å². The second-order valence-electron chi connectivity index (χ2n) is 10.9. The zero-order chi connectivity index (χ0) is 23.6. The number of amides is 1. The van der Waals surface area contributed by atoms with E-state index >= 15 is 0 Å². The molecule has 3 atom stereocenters. The summed E-state index contributed by atoms with van der Waals surface area (Å²) in [6.45, 7) is 14.9. The lowest BCUT2D eigenvalue weighted by Crippen LogP contribution is -2.41. The molecule has 2 N–H and O–H groups in total. The largest absolute Gasteiger partial charge is 0.598 e. The molecule has 0 aromatic carbocycles. The fraction of sp³-hybridized carbons (Fsp3) is 0.739. The summed E-state index contributed by atoms with van der Waals surface area (Å²) < 4.78 is 15.6. The minimum Gasteiger partial charge on any atom is -0.598 e. The molecular formula is C23H38ClN3O3S. The number of likely N-dealkylation sites (tertiary alicyclic amines) is 1. The standard InChI is InChI=1S/C23H38ClN3O3S/c1-21(2,3)31(30)26-19(18-11-10-17(24)14-25-18)9-8-12-22(4,5)16-13-23(6,7)27(15-16)20(28)29/h10-11,14,16,19,26H,8-9,12-13,15H2,1-7H3,(H,28,29)/t16-,19?,31?/m1/s1. The molecule has 1 aliphatic rings. The van der Waals surface area contributed by atoms with Gasteiger partial charge in [-0.25, -0.2) is 4.79 Å². The molecule has 0 spiro atoms. The summed E-state index contributed by atoms with van der Waals surface area (Å²) in [5, 5.41) is 10.1. The Labute approximate surface area is 195 Å². The summed E-state index contributed by atoms with van der Waals surface area (Å²) in [7, 11) is 0. The molecular weight excluding hydrogens is 434 g/mol. The molecule has 0 saturated carbocycles. The van der Waals surface area contributed by atoms with Crippen LogP contribution < -0.4 is 4.72 Å². The van der Waals surface area contributed by atoms with Gasteiger partial charge in [-0.05, 0) is 77.3 Å². The van der Waals surface area contributed by atoms with Gasteiger partial charge in [-0.1, -0.05) is 31.9 Å². The number of pyridine rings is 1. The first-order valence-corrected chi connectivity index (χ1v) is 12.5. The van der Waals surface area contributed by atoms with E-state index in [9.17, 15) is 14.5 Å². The van der Waals surface area contributed by atoms with Gasteiger partial charge in [0.05, 0.1) is 16.8 Å². The van der Waals surface area contributed by atoms with E-state index in [-0.39, 0.29) is 21.7 Å². The highest BCUT2D eigenvalue weighted by molar-refractivity contribution is 7.90. The molecule has 31 heavy (non-hydrogen) atoms. The van der Waals surface area contributed by atoms with Crippen LogP contribution in [0.3, 0.4) is 0 Å². The van der Waals surface area contributed by atoms with E-state index in [0.717, 1.165) is 31.4 Å². The third-order valence-electron chi connectivity index (χ3n) is 6.44. The van der Waals surface area contributed by atoms with Gasteiger partial charge in [0.25, 0.3) is 0 Å². The number of hydrogen-bond acceptors (Lipinski definition) is 4. The number of hydrogen-bond donors (Lipinski definition) is 2. The van der Waals surface area contributed by atoms with E-state index in [2.05, 4.69) is 23.6 Å². The van der Waals surface area contributed by atoms with Crippen molar-refractivity contribution < 1.29 is 14.5 Å². The van der Waals surface area contributed by atoms with Gasteiger partial charge in [-0.3, -0.25) is 4.98 Å². The zero-order valence-electron chi connectivity index (χ0n) is 19.9. The molecule has 0 radical (unpaired) electrons. The van der Waals surface area contributed by atoms with Gasteiger partial charge in [0, 0.05) is 29.6 Å². The van der Waals surface area contributed by atoms with Gasteiger partial charge < -0.3 is 14.6 Å². The summed E-state index contributed by atoms with van der Waals surface area (Å²) in [4.78, 5) is 17.7. The molecule has 1 saturated heterocycles. The highest BCUT2D eigenvalue weighted by Gasteiger charge is 2.46. The Morgan fingerprint density at radius 2 is 2.03 bits per heavy atom. The van der Waals surface area contributed by atoms with Gasteiger partial charge in [0.1, 0.15) is 4.75 Å². The normalized spacial score (nSPS) is 21.2. The molecule has 6 nitrogen and oxygen atoms in total. The fourth-order valence-corrected chi connectivity index (χ4v) is 5.20. The molecule has 1 aromatic heterocycles. The third-order valence-corrected chi connectivity index (χ3v) is 8.28. The predicted octanol–water partition coefficient (Wildman–Crippen LogP) is 5.80. The minimum atomic E-state index is -1.22.